The zero-order valence-electron chi connectivity index (χ0n) is 15.0. The maximum absolute atomic E-state index is 12.8. The van der Waals surface area contributed by atoms with Gasteiger partial charge in [0.05, 0.1) is 0 Å². The lowest BCUT2D eigenvalue weighted by atomic mass is 9.97. The maximum Gasteiger partial charge on any atom is 0.413 e. The molecular formula is C22H21NO4. The molecule has 1 amide bonds. The van der Waals surface area contributed by atoms with Crippen LogP contribution < -0.4 is 0 Å². The van der Waals surface area contributed by atoms with E-state index < -0.39 is 11.6 Å². The summed E-state index contributed by atoms with van der Waals surface area (Å²) in [5.41, 5.74) is 3.94. The van der Waals surface area contributed by atoms with E-state index in [4.69, 9.17) is 9.47 Å². The number of benzene rings is 2. The zero-order valence-corrected chi connectivity index (χ0v) is 15.0. The molecule has 5 rings (SSSR count). The van der Waals surface area contributed by atoms with Gasteiger partial charge in [0.2, 0.25) is 0 Å². The minimum atomic E-state index is -0.803. The third-order valence-corrected chi connectivity index (χ3v) is 6.21. The molecule has 1 saturated heterocycles. The average molecular weight is 363 g/mol. The summed E-state index contributed by atoms with van der Waals surface area (Å²) in [5, 5.41) is 0. The quantitative estimate of drug-likeness (QED) is 0.755. The molecule has 0 N–H and O–H groups in total. The fraction of sp³-hybridized carbons (Fsp3) is 0.364. The maximum atomic E-state index is 12.8. The van der Waals surface area contributed by atoms with Crippen LogP contribution in [0.4, 0.5) is 4.79 Å². The number of carbonyl (C=O) groups is 2. The van der Waals surface area contributed by atoms with Crippen molar-refractivity contribution < 1.29 is 19.1 Å². The Bertz CT molecular complexity index is 871. The number of hydrogen-bond donors (Lipinski definition) is 0. The Hall–Kier alpha value is -2.82. The van der Waals surface area contributed by atoms with Crippen LogP contribution in [0.2, 0.25) is 0 Å². The smallest absolute Gasteiger partial charge is 0.413 e. The summed E-state index contributed by atoms with van der Waals surface area (Å²) in [6.45, 7) is 0.253. The standard InChI is InChI=1S/C22H21NO4/c24-20-22(11-5-6-12-22)23(14-27-20)21(25)26-13-19-17-9-3-1-7-15(17)16-8-2-4-10-18(16)19/h1-4,7-10,19H,5-6,11-14H2. The second-order valence-electron chi connectivity index (χ2n) is 7.53. The van der Waals surface area contributed by atoms with Gasteiger partial charge in [0.1, 0.15) is 12.1 Å². The minimum Gasteiger partial charge on any atom is -0.448 e. The van der Waals surface area contributed by atoms with E-state index in [2.05, 4.69) is 24.3 Å². The molecule has 0 radical (unpaired) electrons. The van der Waals surface area contributed by atoms with E-state index in [1.165, 1.54) is 27.2 Å². The van der Waals surface area contributed by atoms with Gasteiger partial charge < -0.3 is 9.47 Å². The van der Waals surface area contributed by atoms with E-state index in [1.54, 1.807) is 0 Å². The molecule has 27 heavy (non-hydrogen) atoms. The molecule has 0 unspecified atom stereocenters. The predicted molar refractivity (Wildman–Crippen MR) is 99.1 cm³/mol. The molecule has 2 fully saturated rings. The lowest BCUT2D eigenvalue weighted by Gasteiger charge is -2.29. The number of amides is 1. The molecule has 138 valence electrons. The second-order valence-corrected chi connectivity index (χ2v) is 7.53. The number of ether oxygens (including phenoxy) is 2. The third kappa shape index (κ3) is 2.37. The van der Waals surface area contributed by atoms with Crippen molar-refractivity contribution in [1.82, 2.24) is 4.90 Å². The van der Waals surface area contributed by atoms with Gasteiger partial charge in [-0.1, -0.05) is 61.4 Å². The predicted octanol–water partition coefficient (Wildman–Crippen LogP) is 4.06. The van der Waals surface area contributed by atoms with Crippen LogP contribution in [0.3, 0.4) is 0 Å². The fourth-order valence-corrected chi connectivity index (χ4v) is 4.82. The molecule has 1 heterocycles. The molecule has 2 aliphatic carbocycles. The zero-order chi connectivity index (χ0) is 18.4. The van der Waals surface area contributed by atoms with Crippen molar-refractivity contribution in [3.05, 3.63) is 59.7 Å². The van der Waals surface area contributed by atoms with E-state index in [1.807, 2.05) is 24.3 Å². The number of carbonyl (C=O) groups excluding carboxylic acids is 2. The van der Waals surface area contributed by atoms with Crippen molar-refractivity contribution in [2.45, 2.75) is 37.1 Å². The van der Waals surface area contributed by atoms with Crippen LogP contribution in [-0.4, -0.2) is 35.8 Å². The summed E-state index contributed by atoms with van der Waals surface area (Å²) in [6, 6.07) is 16.5. The van der Waals surface area contributed by atoms with Gasteiger partial charge in [0.15, 0.2) is 6.73 Å². The van der Waals surface area contributed by atoms with Gasteiger partial charge in [-0.15, -0.1) is 0 Å². The number of cyclic esters (lactones) is 1. The van der Waals surface area contributed by atoms with Gasteiger partial charge >= 0.3 is 12.1 Å². The van der Waals surface area contributed by atoms with Crippen molar-refractivity contribution in [3.8, 4) is 11.1 Å². The third-order valence-electron chi connectivity index (χ3n) is 6.21. The van der Waals surface area contributed by atoms with Gasteiger partial charge in [0.25, 0.3) is 0 Å². The first-order chi connectivity index (χ1) is 13.2. The van der Waals surface area contributed by atoms with Gasteiger partial charge in [-0.05, 0) is 35.1 Å². The van der Waals surface area contributed by atoms with Crippen LogP contribution >= 0.6 is 0 Å². The second kappa shape index (κ2) is 6.12. The molecule has 2 aromatic carbocycles. The highest BCUT2D eigenvalue weighted by Gasteiger charge is 2.55. The van der Waals surface area contributed by atoms with E-state index in [-0.39, 0.29) is 25.2 Å². The van der Waals surface area contributed by atoms with Gasteiger partial charge in [-0.2, -0.15) is 0 Å². The first-order valence-electron chi connectivity index (χ1n) is 9.50. The molecule has 1 spiro atoms. The minimum absolute atomic E-state index is 0.00446. The molecule has 5 heteroatoms. The van der Waals surface area contributed by atoms with Crippen molar-refractivity contribution in [2.24, 2.45) is 0 Å². The fourth-order valence-electron chi connectivity index (χ4n) is 4.82. The summed E-state index contributed by atoms with van der Waals surface area (Å²) in [4.78, 5) is 26.5. The topological polar surface area (TPSA) is 55.8 Å². The van der Waals surface area contributed by atoms with Crippen molar-refractivity contribution in [2.75, 3.05) is 13.3 Å². The molecule has 3 aliphatic rings. The molecular weight excluding hydrogens is 342 g/mol. The highest BCUT2D eigenvalue weighted by atomic mass is 16.6. The highest BCUT2D eigenvalue weighted by molar-refractivity contribution is 5.88. The monoisotopic (exact) mass is 363 g/mol. The summed E-state index contributed by atoms with van der Waals surface area (Å²) < 4.78 is 10.9. The Kier molecular flexibility index (Phi) is 3.71. The van der Waals surface area contributed by atoms with E-state index >= 15 is 0 Å². The van der Waals surface area contributed by atoms with Gasteiger partial charge in [0, 0.05) is 5.92 Å². The lowest BCUT2D eigenvalue weighted by molar-refractivity contribution is -0.142. The molecule has 0 bridgehead atoms. The SMILES string of the molecule is O=C(OCC1c2ccccc2-c2ccccc21)N1COC(=O)C12CCCC2. The van der Waals surface area contributed by atoms with Crippen LogP contribution in [-0.2, 0) is 14.3 Å². The molecule has 5 nitrogen and oxygen atoms in total. The molecule has 1 saturated carbocycles. The summed E-state index contributed by atoms with van der Waals surface area (Å²) in [6.07, 6.45) is 2.74. The Morgan fingerprint density at radius 3 is 2.26 bits per heavy atom. The highest BCUT2D eigenvalue weighted by Crippen LogP contribution is 2.45. The van der Waals surface area contributed by atoms with Crippen LogP contribution in [0.5, 0.6) is 0 Å². The molecule has 2 aromatic rings. The van der Waals surface area contributed by atoms with Crippen molar-refractivity contribution in [3.63, 3.8) is 0 Å². The number of nitrogens with zero attached hydrogens (tertiary/aromatic N) is 1. The molecule has 0 aromatic heterocycles. The van der Waals surface area contributed by atoms with Crippen LogP contribution in [0.15, 0.2) is 48.5 Å². The van der Waals surface area contributed by atoms with Crippen molar-refractivity contribution >= 4 is 12.1 Å². The Labute approximate surface area is 157 Å². The largest absolute Gasteiger partial charge is 0.448 e. The number of hydrogen-bond acceptors (Lipinski definition) is 4. The number of esters is 1. The van der Waals surface area contributed by atoms with E-state index in [9.17, 15) is 9.59 Å². The van der Waals surface area contributed by atoms with Crippen LogP contribution in [0.1, 0.15) is 42.7 Å². The van der Waals surface area contributed by atoms with Gasteiger partial charge in [-0.25, -0.2) is 9.59 Å². The van der Waals surface area contributed by atoms with Crippen LogP contribution in [0, 0.1) is 0 Å². The first kappa shape index (κ1) is 16.4. The first-order valence-corrected chi connectivity index (χ1v) is 9.50. The Morgan fingerprint density at radius 1 is 1.04 bits per heavy atom. The average Bonchev–Trinajstić information content (AvgIpc) is 3.39. The lowest BCUT2D eigenvalue weighted by Crippen LogP contribution is -2.49. The number of fused-ring (bicyclic) bond motifs is 3. The molecule has 1 aliphatic heterocycles. The molecule has 0 atom stereocenters. The Morgan fingerprint density at radius 2 is 1.63 bits per heavy atom. The summed E-state index contributed by atoms with van der Waals surface area (Å²) in [5.74, 6) is -0.270. The normalized spacial score (nSPS) is 19.9. The van der Waals surface area contributed by atoms with Crippen molar-refractivity contribution in [1.29, 1.82) is 0 Å². The Balaban J connectivity index is 1.37. The van der Waals surface area contributed by atoms with Gasteiger partial charge in [-0.3, -0.25) is 4.90 Å². The number of rotatable bonds is 2. The summed E-state index contributed by atoms with van der Waals surface area (Å²) in [7, 11) is 0. The summed E-state index contributed by atoms with van der Waals surface area (Å²) >= 11 is 0. The van der Waals surface area contributed by atoms with E-state index in [0.29, 0.717) is 12.8 Å². The van der Waals surface area contributed by atoms with Crippen LogP contribution in [0.25, 0.3) is 11.1 Å². The van der Waals surface area contributed by atoms with E-state index in [0.717, 1.165) is 12.8 Å².